The first-order valence-corrected chi connectivity index (χ1v) is 7.77. The van der Waals surface area contributed by atoms with Crippen LogP contribution < -0.4 is 5.32 Å². The maximum atomic E-state index is 3.47. The van der Waals surface area contributed by atoms with E-state index >= 15 is 0 Å². The molecule has 0 amide bonds. The van der Waals surface area contributed by atoms with Crippen LogP contribution in [0.15, 0.2) is 18.2 Å². The highest BCUT2D eigenvalue weighted by molar-refractivity contribution is 5.85. The lowest BCUT2D eigenvalue weighted by Gasteiger charge is -2.43. The van der Waals surface area contributed by atoms with E-state index in [1.165, 1.54) is 43.5 Å². The third kappa shape index (κ3) is 4.13. The van der Waals surface area contributed by atoms with Crippen LogP contribution in [-0.4, -0.2) is 31.1 Å². The minimum atomic E-state index is 0. The summed E-state index contributed by atoms with van der Waals surface area (Å²) in [5.41, 5.74) is 4.41. The molecule has 1 aromatic carbocycles. The Hall–Kier alpha value is -0.280. The van der Waals surface area contributed by atoms with Crippen molar-refractivity contribution in [2.24, 2.45) is 5.92 Å². The third-order valence-corrected chi connectivity index (χ3v) is 5.01. The molecule has 120 valence electrons. The predicted octanol–water partition coefficient (Wildman–Crippen LogP) is 3.89. The number of aryl methyl sites for hydroxylation is 2. The molecule has 21 heavy (non-hydrogen) atoms. The Morgan fingerprint density at radius 1 is 1.05 bits per heavy atom. The zero-order valence-electron chi connectivity index (χ0n) is 13.1. The average molecular weight is 331 g/mol. The molecule has 1 aromatic rings. The van der Waals surface area contributed by atoms with Crippen molar-refractivity contribution in [2.45, 2.75) is 39.2 Å². The van der Waals surface area contributed by atoms with Crippen molar-refractivity contribution < 1.29 is 0 Å². The topological polar surface area (TPSA) is 15.3 Å². The average Bonchev–Trinajstić information content (AvgIpc) is 2.38. The second-order valence-electron chi connectivity index (χ2n) is 6.27. The number of hydrogen-bond acceptors (Lipinski definition) is 2. The maximum Gasteiger partial charge on any atom is 0.0377 e. The molecule has 0 radical (unpaired) electrons. The lowest BCUT2D eigenvalue weighted by Crippen LogP contribution is -2.47. The summed E-state index contributed by atoms with van der Waals surface area (Å²) in [7, 11) is 0. The highest BCUT2D eigenvalue weighted by Gasteiger charge is 2.33. The first-order chi connectivity index (χ1) is 9.25. The first-order valence-electron chi connectivity index (χ1n) is 7.77. The van der Waals surface area contributed by atoms with Crippen LogP contribution in [0.4, 0.5) is 0 Å². The fourth-order valence-corrected chi connectivity index (χ4v) is 3.45. The van der Waals surface area contributed by atoms with E-state index in [1.807, 2.05) is 0 Å². The Morgan fingerprint density at radius 3 is 2.24 bits per heavy atom. The van der Waals surface area contributed by atoms with E-state index in [-0.39, 0.29) is 24.8 Å². The van der Waals surface area contributed by atoms with Gasteiger partial charge in [0, 0.05) is 32.2 Å². The van der Waals surface area contributed by atoms with E-state index in [1.54, 1.807) is 5.56 Å². The van der Waals surface area contributed by atoms with Crippen LogP contribution in [0.5, 0.6) is 0 Å². The summed E-state index contributed by atoms with van der Waals surface area (Å²) in [5.74, 6) is 0.889. The zero-order chi connectivity index (χ0) is 13.2. The Bertz CT molecular complexity index is 440. The van der Waals surface area contributed by atoms with E-state index in [9.17, 15) is 0 Å². The number of rotatable bonds is 3. The van der Waals surface area contributed by atoms with E-state index < -0.39 is 0 Å². The molecule has 0 bridgehead atoms. The van der Waals surface area contributed by atoms with Crippen LogP contribution in [0, 0.1) is 19.8 Å². The molecule has 1 heterocycles. The van der Waals surface area contributed by atoms with Gasteiger partial charge in [0.25, 0.3) is 0 Å². The van der Waals surface area contributed by atoms with Gasteiger partial charge in [-0.25, -0.2) is 0 Å². The number of nitrogens with one attached hydrogen (secondary N) is 1. The standard InChI is InChI=1S/C17H26N2.2ClH/c1-13-6-7-16(12-14(13)2)17(15-4-3-5-15)19-10-8-18-9-11-19;;/h6-7,12,15,17-18H,3-5,8-11H2,1-2H3;2*1H/t17-;;/m1../s1. The molecule has 2 aliphatic rings. The summed E-state index contributed by atoms with van der Waals surface area (Å²) in [5, 5.41) is 3.47. The van der Waals surface area contributed by atoms with Crippen molar-refractivity contribution in [1.82, 2.24) is 10.2 Å². The van der Waals surface area contributed by atoms with Gasteiger partial charge in [-0.3, -0.25) is 4.90 Å². The lowest BCUT2D eigenvalue weighted by atomic mass is 9.76. The van der Waals surface area contributed by atoms with E-state index in [2.05, 4.69) is 42.3 Å². The van der Waals surface area contributed by atoms with E-state index in [0.717, 1.165) is 19.0 Å². The van der Waals surface area contributed by atoms with Crippen LogP contribution in [0.3, 0.4) is 0 Å². The van der Waals surface area contributed by atoms with Crippen LogP contribution in [0.1, 0.15) is 42.0 Å². The Kier molecular flexibility index (Phi) is 7.49. The highest BCUT2D eigenvalue weighted by Crippen LogP contribution is 2.41. The SMILES string of the molecule is Cc1ccc([C@@H](C2CCC2)N2CCNCC2)cc1C.Cl.Cl. The highest BCUT2D eigenvalue weighted by atomic mass is 35.5. The number of benzene rings is 1. The number of hydrogen-bond donors (Lipinski definition) is 1. The predicted molar refractivity (Wildman–Crippen MR) is 94.9 cm³/mol. The van der Waals surface area contributed by atoms with E-state index in [0.29, 0.717) is 6.04 Å². The smallest absolute Gasteiger partial charge is 0.0377 e. The van der Waals surface area contributed by atoms with Crippen molar-refractivity contribution in [1.29, 1.82) is 0 Å². The Labute approximate surface area is 141 Å². The van der Waals surface area contributed by atoms with Gasteiger partial charge in [-0.1, -0.05) is 24.6 Å². The summed E-state index contributed by atoms with van der Waals surface area (Å²) >= 11 is 0. The van der Waals surface area contributed by atoms with Crippen molar-refractivity contribution >= 4 is 24.8 Å². The maximum absolute atomic E-state index is 3.47. The summed E-state index contributed by atoms with van der Waals surface area (Å²) < 4.78 is 0. The first kappa shape index (κ1) is 18.8. The van der Waals surface area contributed by atoms with Crippen LogP contribution >= 0.6 is 24.8 Å². The Morgan fingerprint density at radius 2 is 1.71 bits per heavy atom. The molecule has 0 aromatic heterocycles. The van der Waals surface area contributed by atoms with Gasteiger partial charge in [0.05, 0.1) is 0 Å². The molecule has 2 nitrogen and oxygen atoms in total. The largest absolute Gasteiger partial charge is 0.314 e. The summed E-state index contributed by atoms with van der Waals surface area (Å²) in [6.07, 6.45) is 4.27. The quantitative estimate of drug-likeness (QED) is 0.904. The molecular formula is C17H28Cl2N2. The molecule has 0 unspecified atom stereocenters. The van der Waals surface area contributed by atoms with Crippen molar-refractivity contribution in [2.75, 3.05) is 26.2 Å². The lowest BCUT2D eigenvalue weighted by molar-refractivity contribution is 0.0837. The van der Waals surface area contributed by atoms with Crippen molar-refractivity contribution in [3.63, 3.8) is 0 Å². The normalized spacial score (nSPS) is 20.9. The summed E-state index contributed by atoms with van der Waals surface area (Å²) in [6.45, 7) is 9.15. The van der Waals surface area contributed by atoms with Crippen LogP contribution in [-0.2, 0) is 0 Å². The molecule has 1 saturated carbocycles. The molecule has 1 saturated heterocycles. The Balaban J connectivity index is 0.00000110. The van der Waals surface area contributed by atoms with Gasteiger partial charge in [-0.15, -0.1) is 24.8 Å². The fourth-order valence-electron chi connectivity index (χ4n) is 3.45. The zero-order valence-corrected chi connectivity index (χ0v) is 14.7. The molecule has 0 spiro atoms. The van der Waals surface area contributed by atoms with E-state index in [4.69, 9.17) is 0 Å². The molecule has 1 N–H and O–H groups in total. The fraction of sp³-hybridized carbons (Fsp3) is 0.647. The van der Waals surface area contributed by atoms with Gasteiger partial charge >= 0.3 is 0 Å². The molecular weight excluding hydrogens is 303 g/mol. The van der Waals surface area contributed by atoms with Gasteiger partial charge < -0.3 is 5.32 Å². The molecule has 4 heteroatoms. The number of nitrogens with zero attached hydrogens (tertiary/aromatic N) is 1. The molecule has 2 fully saturated rings. The second-order valence-corrected chi connectivity index (χ2v) is 6.27. The van der Waals surface area contributed by atoms with Crippen LogP contribution in [0.2, 0.25) is 0 Å². The number of piperazine rings is 1. The summed E-state index contributed by atoms with van der Waals surface area (Å²) in [6, 6.07) is 7.77. The van der Waals surface area contributed by atoms with Crippen LogP contribution in [0.25, 0.3) is 0 Å². The minimum absolute atomic E-state index is 0. The van der Waals surface area contributed by atoms with Gasteiger partial charge in [-0.05, 0) is 49.3 Å². The monoisotopic (exact) mass is 330 g/mol. The molecule has 1 aliphatic heterocycles. The number of halogens is 2. The molecule has 1 aliphatic carbocycles. The van der Waals surface area contributed by atoms with Crippen molar-refractivity contribution in [3.05, 3.63) is 34.9 Å². The second kappa shape index (κ2) is 8.38. The molecule has 1 atom stereocenters. The van der Waals surface area contributed by atoms with Gasteiger partial charge in [0.2, 0.25) is 0 Å². The van der Waals surface area contributed by atoms with Gasteiger partial charge in [-0.2, -0.15) is 0 Å². The minimum Gasteiger partial charge on any atom is -0.314 e. The molecule has 3 rings (SSSR count). The third-order valence-electron chi connectivity index (χ3n) is 5.01. The summed E-state index contributed by atoms with van der Waals surface area (Å²) in [4.78, 5) is 2.71. The van der Waals surface area contributed by atoms with Crippen molar-refractivity contribution in [3.8, 4) is 0 Å². The van der Waals surface area contributed by atoms with Gasteiger partial charge in [0.15, 0.2) is 0 Å². The van der Waals surface area contributed by atoms with Gasteiger partial charge in [0.1, 0.15) is 0 Å².